The topological polar surface area (TPSA) is 26.0 Å². The summed E-state index contributed by atoms with van der Waals surface area (Å²) in [6.07, 6.45) is 2.05. The Balaban J connectivity index is 2.28. The van der Waals surface area contributed by atoms with Gasteiger partial charge in [-0.2, -0.15) is 0 Å². The third-order valence-electron chi connectivity index (χ3n) is 2.07. The number of alkyl halides is 1. The molecule has 0 saturated carbocycles. The van der Waals surface area contributed by atoms with Crippen LogP contribution in [0.3, 0.4) is 0 Å². The second-order valence-corrected chi connectivity index (χ2v) is 4.19. The van der Waals surface area contributed by atoms with Crippen molar-refractivity contribution in [1.29, 1.82) is 0 Å². The smallest absolute Gasteiger partial charge is 0.167 e. The molecular formula is C11H10ClNOS. The molecule has 0 atom stereocenters. The fraction of sp³-hybridized carbons (Fsp3) is 0.182. The molecule has 1 aromatic heterocycles. The molecule has 0 fully saturated rings. The summed E-state index contributed by atoms with van der Waals surface area (Å²) in [5, 5.41) is 3.84. The van der Waals surface area contributed by atoms with Gasteiger partial charge in [-0.25, -0.2) is 0 Å². The molecular weight excluding hydrogens is 230 g/mol. The van der Waals surface area contributed by atoms with E-state index in [9.17, 15) is 0 Å². The van der Waals surface area contributed by atoms with Crippen molar-refractivity contribution in [3.8, 4) is 11.3 Å². The lowest BCUT2D eigenvalue weighted by Gasteiger charge is -1.97. The standard InChI is InChI=1S/C11H10ClNOS/c1-15-10-4-2-8(3-5-10)11-6-9(7-12)13-14-11/h2-6H,7H2,1H3. The van der Waals surface area contributed by atoms with E-state index in [0.717, 1.165) is 17.0 Å². The van der Waals surface area contributed by atoms with Gasteiger partial charge in [0.05, 0.1) is 11.6 Å². The van der Waals surface area contributed by atoms with Crippen LogP contribution < -0.4 is 0 Å². The number of hydrogen-bond acceptors (Lipinski definition) is 3. The van der Waals surface area contributed by atoms with Gasteiger partial charge in [0.1, 0.15) is 0 Å². The predicted octanol–water partition coefficient (Wildman–Crippen LogP) is 3.80. The number of hydrogen-bond donors (Lipinski definition) is 0. The Kier molecular flexibility index (Phi) is 3.34. The molecule has 2 nitrogen and oxygen atoms in total. The average molecular weight is 240 g/mol. The van der Waals surface area contributed by atoms with E-state index in [4.69, 9.17) is 16.1 Å². The molecule has 0 unspecified atom stereocenters. The summed E-state index contributed by atoms with van der Waals surface area (Å²) in [7, 11) is 0. The third-order valence-corrected chi connectivity index (χ3v) is 3.09. The summed E-state index contributed by atoms with van der Waals surface area (Å²) in [5.74, 6) is 1.14. The van der Waals surface area contributed by atoms with E-state index in [0.29, 0.717) is 5.88 Å². The number of halogens is 1. The van der Waals surface area contributed by atoms with Crippen molar-refractivity contribution < 1.29 is 4.52 Å². The first-order chi connectivity index (χ1) is 7.33. The van der Waals surface area contributed by atoms with Gasteiger partial charge in [0.25, 0.3) is 0 Å². The fourth-order valence-electron chi connectivity index (χ4n) is 1.27. The first kappa shape index (κ1) is 10.6. The molecule has 0 spiro atoms. The Morgan fingerprint density at radius 2 is 2.07 bits per heavy atom. The molecule has 0 N–H and O–H groups in total. The summed E-state index contributed by atoms with van der Waals surface area (Å²) in [6.45, 7) is 0. The molecule has 2 rings (SSSR count). The third kappa shape index (κ3) is 2.36. The van der Waals surface area contributed by atoms with Crippen molar-refractivity contribution in [3.63, 3.8) is 0 Å². The minimum atomic E-state index is 0.381. The van der Waals surface area contributed by atoms with Crippen LogP contribution in [-0.4, -0.2) is 11.4 Å². The Hall–Kier alpha value is -0.930. The van der Waals surface area contributed by atoms with Crippen molar-refractivity contribution in [2.24, 2.45) is 0 Å². The molecule has 0 radical (unpaired) electrons. The molecule has 1 aromatic carbocycles. The molecule has 0 aliphatic heterocycles. The predicted molar refractivity (Wildman–Crippen MR) is 63.3 cm³/mol. The lowest BCUT2D eigenvalue weighted by atomic mass is 10.2. The minimum absolute atomic E-state index is 0.381. The zero-order valence-corrected chi connectivity index (χ0v) is 9.81. The lowest BCUT2D eigenvalue weighted by molar-refractivity contribution is 0.426. The second-order valence-electron chi connectivity index (χ2n) is 3.04. The Bertz CT molecular complexity index is 438. The Morgan fingerprint density at radius 3 is 2.60 bits per heavy atom. The summed E-state index contributed by atoms with van der Waals surface area (Å²) < 4.78 is 5.17. The maximum absolute atomic E-state index is 5.65. The summed E-state index contributed by atoms with van der Waals surface area (Å²) in [6, 6.07) is 10.0. The van der Waals surface area contributed by atoms with Crippen LogP contribution in [0, 0.1) is 0 Å². The van der Waals surface area contributed by atoms with Crippen LogP contribution in [0.25, 0.3) is 11.3 Å². The van der Waals surface area contributed by atoms with E-state index < -0.39 is 0 Å². The number of benzene rings is 1. The van der Waals surface area contributed by atoms with E-state index in [-0.39, 0.29) is 0 Å². The second kappa shape index (κ2) is 4.73. The van der Waals surface area contributed by atoms with Crippen LogP contribution in [-0.2, 0) is 5.88 Å². The molecule has 0 amide bonds. The largest absolute Gasteiger partial charge is 0.356 e. The van der Waals surface area contributed by atoms with Crippen LogP contribution in [0.1, 0.15) is 5.69 Å². The molecule has 0 bridgehead atoms. The van der Waals surface area contributed by atoms with Crippen LogP contribution in [0.15, 0.2) is 39.8 Å². The number of aromatic nitrogens is 1. The van der Waals surface area contributed by atoms with Crippen molar-refractivity contribution >= 4 is 23.4 Å². The van der Waals surface area contributed by atoms with Crippen molar-refractivity contribution in [2.45, 2.75) is 10.8 Å². The van der Waals surface area contributed by atoms with E-state index in [1.54, 1.807) is 11.8 Å². The van der Waals surface area contributed by atoms with E-state index >= 15 is 0 Å². The van der Waals surface area contributed by atoms with Crippen LogP contribution in [0.2, 0.25) is 0 Å². The highest BCUT2D eigenvalue weighted by atomic mass is 35.5. The molecule has 15 heavy (non-hydrogen) atoms. The molecule has 78 valence electrons. The van der Waals surface area contributed by atoms with Gasteiger partial charge in [-0.1, -0.05) is 17.3 Å². The van der Waals surface area contributed by atoms with Crippen LogP contribution >= 0.6 is 23.4 Å². The monoisotopic (exact) mass is 239 g/mol. The van der Waals surface area contributed by atoms with Gasteiger partial charge in [-0.3, -0.25) is 0 Å². The van der Waals surface area contributed by atoms with E-state index in [2.05, 4.69) is 23.5 Å². The SMILES string of the molecule is CSc1ccc(-c2cc(CCl)no2)cc1. The zero-order chi connectivity index (χ0) is 10.7. The van der Waals surface area contributed by atoms with Gasteiger partial charge >= 0.3 is 0 Å². The van der Waals surface area contributed by atoms with Gasteiger partial charge in [0, 0.05) is 16.5 Å². The van der Waals surface area contributed by atoms with Gasteiger partial charge in [-0.05, 0) is 18.4 Å². The Labute approximate surface area is 97.6 Å². The lowest BCUT2D eigenvalue weighted by Crippen LogP contribution is -1.74. The minimum Gasteiger partial charge on any atom is -0.356 e. The molecule has 4 heteroatoms. The zero-order valence-electron chi connectivity index (χ0n) is 8.24. The van der Waals surface area contributed by atoms with Crippen molar-refractivity contribution in [1.82, 2.24) is 5.16 Å². The maximum Gasteiger partial charge on any atom is 0.167 e. The van der Waals surface area contributed by atoms with Gasteiger partial charge in [0.15, 0.2) is 5.76 Å². The molecule has 0 aliphatic rings. The van der Waals surface area contributed by atoms with Gasteiger partial charge < -0.3 is 4.52 Å². The summed E-state index contributed by atoms with van der Waals surface area (Å²) in [4.78, 5) is 1.23. The first-order valence-corrected chi connectivity index (χ1v) is 6.25. The number of thioether (sulfide) groups is 1. The number of rotatable bonds is 3. The first-order valence-electron chi connectivity index (χ1n) is 4.49. The number of nitrogens with zero attached hydrogens (tertiary/aromatic N) is 1. The molecule has 2 aromatic rings. The van der Waals surface area contributed by atoms with E-state index in [1.165, 1.54) is 4.90 Å². The average Bonchev–Trinajstić information content (AvgIpc) is 2.78. The quantitative estimate of drug-likeness (QED) is 0.602. The molecule has 1 heterocycles. The van der Waals surface area contributed by atoms with Crippen LogP contribution in [0.4, 0.5) is 0 Å². The highest BCUT2D eigenvalue weighted by Crippen LogP contribution is 2.23. The van der Waals surface area contributed by atoms with Crippen molar-refractivity contribution in [2.75, 3.05) is 6.26 Å². The molecule has 0 aliphatic carbocycles. The van der Waals surface area contributed by atoms with Crippen molar-refractivity contribution in [3.05, 3.63) is 36.0 Å². The summed E-state index contributed by atoms with van der Waals surface area (Å²) in [5.41, 5.74) is 1.79. The van der Waals surface area contributed by atoms with Crippen LogP contribution in [0.5, 0.6) is 0 Å². The molecule has 0 saturated heterocycles. The highest BCUT2D eigenvalue weighted by molar-refractivity contribution is 7.98. The Morgan fingerprint density at radius 1 is 1.33 bits per heavy atom. The fourth-order valence-corrected chi connectivity index (χ4v) is 1.80. The highest BCUT2D eigenvalue weighted by Gasteiger charge is 2.05. The van der Waals surface area contributed by atoms with Gasteiger partial charge in [-0.15, -0.1) is 23.4 Å². The normalized spacial score (nSPS) is 10.5. The summed E-state index contributed by atoms with van der Waals surface area (Å²) >= 11 is 7.36. The maximum atomic E-state index is 5.65. The van der Waals surface area contributed by atoms with Gasteiger partial charge in [0.2, 0.25) is 0 Å². The van der Waals surface area contributed by atoms with E-state index in [1.807, 2.05) is 18.2 Å².